The number of rotatable bonds is 10. The highest BCUT2D eigenvalue weighted by atomic mass is 14.3. The van der Waals surface area contributed by atoms with Gasteiger partial charge in [-0.25, -0.2) is 0 Å². The summed E-state index contributed by atoms with van der Waals surface area (Å²) in [6, 6.07) is 182. The molecular formula is C126H82. The van der Waals surface area contributed by atoms with Gasteiger partial charge in [0.15, 0.2) is 0 Å². The fraction of sp³-hybridized carbons (Fsp3) is 0. The van der Waals surface area contributed by atoms with E-state index in [2.05, 4.69) is 497 Å². The monoisotopic (exact) mass is 1590 g/mol. The Labute approximate surface area is 732 Å². The molecule has 0 heterocycles. The number of hydrogen-bond acceptors (Lipinski definition) is 0. The topological polar surface area (TPSA) is 0 Å². The Morgan fingerprint density at radius 3 is 0.690 bits per heavy atom. The largest absolute Gasteiger partial charge is 0.0622 e. The summed E-state index contributed by atoms with van der Waals surface area (Å²) in [7, 11) is 0. The van der Waals surface area contributed by atoms with Gasteiger partial charge in [0.25, 0.3) is 0 Å². The van der Waals surface area contributed by atoms with Gasteiger partial charge in [0.05, 0.1) is 0 Å². The van der Waals surface area contributed by atoms with E-state index in [0.717, 1.165) is 0 Å². The van der Waals surface area contributed by atoms with E-state index in [9.17, 15) is 0 Å². The minimum atomic E-state index is 1.22. The summed E-state index contributed by atoms with van der Waals surface area (Å²) in [4.78, 5) is 0. The van der Waals surface area contributed by atoms with Crippen LogP contribution in [0.25, 0.3) is 241 Å². The van der Waals surface area contributed by atoms with E-state index in [4.69, 9.17) is 0 Å². The molecule has 0 saturated heterocycles. The lowest BCUT2D eigenvalue weighted by Crippen LogP contribution is -1.93. The maximum absolute atomic E-state index is 2.41. The Hall–Kier alpha value is -16.4. The molecule has 25 aromatic rings. The van der Waals surface area contributed by atoms with Crippen LogP contribution >= 0.6 is 0 Å². The van der Waals surface area contributed by atoms with Crippen molar-refractivity contribution in [3.8, 4) is 111 Å². The van der Waals surface area contributed by atoms with Crippen molar-refractivity contribution in [2.45, 2.75) is 0 Å². The molecule has 0 aliphatic carbocycles. The minimum Gasteiger partial charge on any atom is -0.0622 e. The van der Waals surface area contributed by atoms with Gasteiger partial charge < -0.3 is 0 Å². The zero-order valence-electron chi connectivity index (χ0n) is 69.3. The minimum absolute atomic E-state index is 1.22. The summed E-state index contributed by atoms with van der Waals surface area (Å²) in [5.74, 6) is 0. The van der Waals surface area contributed by atoms with Crippen LogP contribution in [0.15, 0.2) is 497 Å². The lowest BCUT2D eigenvalue weighted by atomic mass is 9.83. The van der Waals surface area contributed by atoms with Gasteiger partial charge in [-0.3, -0.25) is 0 Å². The van der Waals surface area contributed by atoms with E-state index >= 15 is 0 Å². The molecule has 586 valence electrons. The van der Waals surface area contributed by atoms with Crippen LogP contribution in [0.1, 0.15) is 0 Å². The van der Waals surface area contributed by atoms with Crippen LogP contribution in [0.5, 0.6) is 0 Å². The van der Waals surface area contributed by atoms with E-state index in [0.29, 0.717) is 0 Å². The molecule has 0 unspecified atom stereocenters. The van der Waals surface area contributed by atoms with Crippen LogP contribution in [-0.2, 0) is 0 Å². The maximum Gasteiger partial charge on any atom is -0.00199 e. The average Bonchev–Trinajstić information content (AvgIpc) is 0.726. The summed E-state index contributed by atoms with van der Waals surface area (Å²) in [6.45, 7) is 0. The third-order valence-corrected chi connectivity index (χ3v) is 25.9. The van der Waals surface area contributed by atoms with Gasteiger partial charge in [0.2, 0.25) is 0 Å². The van der Waals surface area contributed by atoms with Gasteiger partial charge in [-0.05, 0) is 265 Å². The summed E-state index contributed by atoms with van der Waals surface area (Å²) in [5.41, 5.74) is 25.2. The Balaban J connectivity index is 0.000000109. The van der Waals surface area contributed by atoms with Crippen LogP contribution < -0.4 is 0 Å². The first kappa shape index (κ1) is 74.7. The molecule has 0 heteroatoms. The van der Waals surface area contributed by atoms with Crippen LogP contribution in [-0.4, -0.2) is 0 Å². The van der Waals surface area contributed by atoms with Gasteiger partial charge in [0, 0.05) is 0 Å². The van der Waals surface area contributed by atoms with Crippen LogP contribution in [0.3, 0.4) is 0 Å². The molecule has 25 rings (SSSR count). The van der Waals surface area contributed by atoms with Crippen molar-refractivity contribution in [2.24, 2.45) is 0 Å². The molecule has 0 atom stereocenters. The molecule has 0 radical (unpaired) electrons. The Bertz CT molecular complexity index is 8530. The Kier molecular flexibility index (Phi) is 19.1. The molecule has 0 spiro atoms. The SMILES string of the molecule is c1ccc(-c2ccc3c(-c4ccc(-c5cccc6ccccc56)c5ccccc45)c4ccccc4c(-c4ccccc4)c3c2)cc1.c1ccc(-c2ccc3c(-c4ccc5ccccc5c4)c4ccccc4c(-c4cccc5ccccc45)c3c2)cc1.c1ccc(-c2ccc3c(-c4cccc5ccccc45)c4ccccc4c(-c4cccc5ccccc45)c3c2)cc1. The number of hydrogen-bond donors (Lipinski definition) is 0. The first-order valence-corrected chi connectivity index (χ1v) is 43.7. The predicted molar refractivity (Wildman–Crippen MR) is 544 cm³/mol. The van der Waals surface area contributed by atoms with E-state index in [1.54, 1.807) is 0 Å². The fourth-order valence-corrected chi connectivity index (χ4v) is 20.2. The molecule has 0 amide bonds. The molecule has 126 heavy (non-hydrogen) atoms. The first-order chi connectivity index (χ1) is 62.6. The molecule has 0 nitrogen and oxygen atoms in total. The van der Waals surface area contributed by atoms with Crippen molar-refractivity contribution in [2.75, 3.05) is 0 Å². The molecular weight excluding hydrogens is 1510 g/mol. The van der Waals surface area contributed by atoms with Crippen LogP contribution in [0, 0.1) is 0 Å². The third kappa shape index (κ3) is 13.3. The van der Waals surface area contributed by atoms with Gasteiger partial charge in [-0.1, -0.05) is 473 Å². The lowest BCUT2D eigenvalue weighted by Gasteiger charge is -2.20. The number of benzene rings is 25. The van der Waals surface area contributed by atoms with Crippen LogP contribution in [0.2, 0.25) is 0 Å². The highest BCUT2D eigenvalue weighted by Crippen LogP contribution is 2.52. The van der Waals surface area contributed by atoms with Gasteiger partial charge in [-0.2, -0.15) is 0 Å². The zero-order valence-corrected chi connectivity index (χ0v) is 69.3. The van der Waals surface area contributed by atoms with Crippen molar-refractivity contribution in [1.82, 2.24) is 0 Å². The van der Waals surface area contributed by atoms with E-state index in [1.165, 1.54) is 241 Å². The normalized spacial score (nSPS) is 11.5. The Morgan fingerprint density at radius 1 is 0.0794 bits per heavy atom. The van der Waals surface area contributed by atoms with Gasteiger partial charge in [0.1, 0.15) is 0 Å². The average molecular weight is 1600 g/mol. The molecule has 0 aromatic heterocycles. The van der Waals surface area contributed by atoms with Crippen LogP contribution in [0.4, 0.5) is 0 Å². The summed E-state index contributed by atoms with van der Waals surface area (Å²) in [6.07, 6.45) is 0. The highest BCUT2D eigenvalue weighted by Gasteiger charge is 2.25. The third-order valence-electron chi connectivity index (χ3n) is 25.9. The van der Waals surface area contributed by atoms with Crippen molar-refractivity contribution in [3.05, 3.63) is 497 Å². The quantitative estimate of drug-likeness (QED) is 0.120. The van der Waals surface area contributed by atoms with E-state index in [-0.39, 0.29) is 0 Å². The fourth-order valence-electron chi connectivity index (χ4n) is 20.2. The van der Waals surface area contributed by atoms with E-state index in [1.807, 2.05) is 0 Å². The van der Waals surface area contributed by atoms with Crippen molar-refractivity contribution in [3.63, 3.8) is 0 Å². The molecule has 0 aliphatic rings. The summed E-state index contributed by atoms with van der Waals surface area (Å²) >= 11 is 0. The zero-order chi connectivity index (χ0) is 83.4. The van der Waals surface area contributed by atoms with Gasteiger partial charge >= 0.3 is 0 Å². The first-order valence-electron chi connectivity index (χ1n) is 43.7. The van der Waals surface area contributed by atoms with Crippen molar-refractivity contribution < 1.29 is 0 Å². The second kappa shape index (κ2) is 32.2. The van der Waals surface area contributed by atoms with Crippen molar-refractivity contribution in [1.29, 1.82) is 0 Å². The molecule has 0 saturated carbocycles. The van der Waals surface area contributed by atoms with Gasteiger partial charge in [-0.15, -0.1) is 0 Å². The molecule has 0 bridgehead atoms. The number of fused-ring (bicyclic) bond motifs is 12. The predicted octanol–water partition coefficient (Wildman–Crippen LogP) is 35.6. The molecule has 0 N–H and O–H groups in total. The Morgan fingerprint density at radius 2 is 0.302 bits per heavy atom. The summed E-state index contributed by atoms with van der Waals surface area (Å²) in [5, 5.41) is 30.5. The standard InChI is InChI=1S/C46H30.2C40H26/c1-3-14-31(15-4-1)34-26-27-43-44(30-34)45(33-17-5-2-6-18-33)40-23-11-12-24-41(40)46(43)42-29-28-39(37-21-9-10-22-38(37)42)36-25-13-19-32-16-7-8-20-35(32)36;1-2-12-27(13-3-1)30-24-25-37-38(26-30)40(34-23-11-17-29-15-5-7-19-32(29)34)36-21-9-8-20-35(36)39(37)33-22-10-16-28-14-4-6-18-31(28)33;1-2-11-27(12-3-1)31-23-24-37-38(26-31)40(34-20-10-16-29-14-6-7-17-33(29)34)36-19-9-8-18-35(36)39(37)32-22-21-28-13-4-5-15-30(28)25-32/h1-30H;2*1-26H. The van der Waals surface area contributed by atoms with E-state index < -0.39 is 0 Å². The highest BCUT2D eigenvalue weighted by molar-refractivity contribution is 6.29. The summed E-state index contributed by atoms with van der Waals surface area (Å²) < 4.78 is 0. The lowest BCUT2D eigenvalue weighted by molar-refractivity contribution is 1.63. The maximum atomic E-state index is 2.41. The smallest absolute Gasteiger partial charge is 0.00199 e. The molecule has 25 aromatic carbocycles. The second-order valence-electron chi connectivity index (χ2n) is 33.0. The molecule has 0 fully saturated rings. The van der Waals surface area contributed by atoms with Crippen molar-refractivity contribution >= 4 is 129 Å². The second-order valence-corrected chi connectivity index (χ2v) is 33.0. The molecule has 0 aliphatic heterocycles.